The van der Waals surface area contributed by atoms with E-state index in [2.05, 4.69) is 63.5 Å². The van der Waals surface area contributed by atoms with Crippen LogP contribution in [0.1, 0.15) is 30.9 Å². The lowest BCUT2D eigenvalue weighted by molar-refractivity contribution is 0.185. The number of hydrogen-bond donors (Lipinski definition) is 2. The Bertz CT molecular complexity index is 813. The summed E-state index contributed by atoms with van der Waals surface area (Å²) in [5, 5.41) is 4.71. The molecule has 1 aliphatic rings. The molecule has 3 aromatic rings. The van der Waals surface area contributed by atoms with E-state index in [0.29, 0.717) is 0 Å². The third-order valence-corrected chi connectivity index (χ3v) is 5.27. The van der Waals surface area contributed by atoms with Gasteiger partial charge >= 0.3 is 0 Å². The van der Waals surface area contributed by atoms with Gasteiger partial charge in [-0.2, -0.15) is 0 Å². The molecule has 1 fully saturated rings. The fourth-order valence-corrected chi connectivity index (χ4v) is 3.58. The van der Waals surface area contributed by atoms with Gasteiger partial charge in [0, 0.05) is 36.6 Å². The van der Waals surface area contributed by atoms with Crippen LogP contribution >= 0.6 is 0 Å². The summed E-state index contributed by atoms with van der Waals surface area (Å²) >= 11 is 0. The van der Waals surface area contributed by atoms with Gasteiger partial charge in [-0.1, -0.05) is 19.1 Å². The zero-order valence-corrected chi connectivity index (χ0v) is 14.8. The Labute approximate surface area is 149 Å². The number of aromatic amines is 1. The molecular formula is C21H26N4. The highest BCUT2D eigenvalue weighted by Gasteiger charge is 2.15. The Balaban J connectivity index is 1.35. The number of piperidine rings is 1. The molecule has 0 spiro atoms. The Hall–Kier alpha value is -2.33. The summed E-state index contributed by atoms with van der Waals surface area (Å²) in [6.07, 6.45) is 6.47. The first-order valence-corrected chi connectivity index (χ1v) is 9.24. The lowest BCUT2D eigenvalue weighted by Crippen LogP contribution is -2.32. The predicted octanol–water partition coefficient (Wildman–Crippen LogP) is 4.41. The maximum atomic E-state index is 4.34. The van der Waals surface area contributed by atoms with Gasteiger partial charge in [0.1, 0.15) is 5.65 Å². The molecule has 2 aromatic heterocycles. The van der Waals surface area contributed by atoms with Crippen molar-refractivity contribution in [1.29, 1.82) is 0 Å². The topological polar surface area (TPSA) is 44.0 Å². The molecule has 0 atom stereocenters. The molecule has 4 heteroatoms. The normalized spacial score (nSPS) is 16.4. The summed E-state index contributed by atoms with van der Waals surface area (Å²) in [7, 11) is 0. The molecule has 130 valence electrons. The van der Waals surface area contributed by atoms with Crippen molar-refractivity contribution in [1.82, 2.24) is 14.9 Å². The van der Waals surface area contributed by atoms with Gasteiger partial charge in [-0.15, -0.1) is 0 Å². The maximum Gasteiger partial charge on any atom is 0.137 e. The molecule has 0 amide bonds. The molecule has 0 saturated carbocycles. The number of likely N-dealkylation sites (tertiary alicyclic amines) is 1. The predicted molar refractivity (Wildman–Crippen MR) is 104 cm³/mol. The van der Waals surface area contributed by atoms with Crippen molar-refractivity contribution >= 4 is 16.7 Å². The minimum Gasteiger partial charge on any atom is -0.381 e. The van der Waals surface area contributed by atoms with E-state index in [1.807, 2.05) is 12.4 Å². The first-order valence-electron chi connectivity index (χ1n) is 9.24. The monoisotopic (exact) mass is 334 g/mol. The van der Waals surface area contributed by atoms with Gasteiger partial charge in [0.05, 0.1) is 0 Å². The van der Waals surface area contributed by atoms with E-state index < -0.39 is 0 Å². The number of nitrogens with zero attached hydrogens (tertiary/aromatic N) is 2. The van der Waals surface area contributed by atoms with Crippen LogP contribution in [0.3, 0.4) is 0 Å². The molecule has 0 bridgehead atoms. The molecule has 25 heavy (non-hydrogen) atoms. The largest absolute Gasteiger partial charge is 0.381 e. The van der Waals surface area contributed by atoms with Gasteiger partial charge in [-0.05, 0) is 67.2 Å². The van der Waals surface area contributed by atoms with Crippen molar-refractivity contribution < 1.29 is 0 Å². The number of nitrogens with one attached hydrogen (secondary N) is 2. The second-order valence-electron chi connectivity index (χ2n) is 7.22. The van der Waals surface area contributed by atoms with E-state index in [4.69, 9.17) is 0 Å². The van der Waals surface area contributed by atoms with Gasteiger partial charge in [0.2, 0.25) is 0 Å². The van der Waals surface area contributed by atoms with Crippen LogP contribution in [0.5, 0.6) is 0 Å². The van der Waals surface area contributed by atoms with Crippen LogP contribution in [0.4, 0.5) is 5.69 Å². The molecule has 4 nitrogen and oxygen atoms in total. The van der Waals surface area contributed by atoms with Gasteiger partial charge < -0.3 is 10.3 Å². The van der Waals surface area contributed by atoms with Crippen LogP contribution in [0.15, 0.2) is 48.8 Å². The molecule has 1 saturated heterocycles. The second-order valence-corrected chi connectivity index (χ2v) is 7.22. The molecule has 4 rings (SSSR count). The van der Waals surface area contributed by atoms with Crippen molar-refractivity contribution in [2.24, 2.45) is 5.92 Å². The first kappa shape index (κ1) is 16.2. The van der Waals surface area contributed by atoms with Crippen LogP contribution in [0.2, 0.25) is 0 Å². The number of H-pyrrole nitrogens is 1. The summed E-state index contributed by atoms with van der Waals surface area (Å²) in [4.78, 5) is 10.1. The standard InChI is InChI=1S/C21H26N4/c1-16-8-12-25(13-9-16)15-17-2-4-19(5-3-17)24-14-18-6-10-22-21-20(18)7-11-23-21/h2-7,10-11,16,24H,8-9,12-15H2,1H3,(H,22,23). The fourth-order valence-electron chi connectivity index (χ4n) is 3.58. The third kappa shape index (κ3) is 3.85. The number of benzene rings is 1. The summed E-state index contributed by atoms with van der Waals surface area (Å²) < 4.78 is 0. The highest BCUT2D eigenvalue weighted by Crippen LogP contribution is 2.20. The number of anilines is 1. The highest BCUT2D eigenvalue weighted by molar-refractivity contribution is 5.79. The van der Waals surface area contributed by atoms with Gasteiger partial charge in [-0.3, -0.25) is 4.90 Å². The summed E-state index contributed by atoms with van der Waals surface area (Å²) in [6.45, 7) is 6.70. The van der Waals surface area contributed by atoms with E-state index in [1.54, 1.807) is 0 Å². The molecular weight excluding hydrogens is 308 g/mol. The average Bonchev–Trinajstić information content (AvgIpc) is 3.12. The molecule has 0 aliphatic carbocycles. The van der Waals surface area contributed by atoms with E-state index in [9.17, 15) is 0 Å². The SMILES string of the molecule is CC1CCN(Cc2ccc(NCc3ccnc4[nH]ccc34)cc2)CC1. The van der Waals surface area contributed by atoms with E-state index >= 15 is 0 Å². The van der Waals surface area contributed by atoms with Crippen molar-refractivity contribution in [2.45, 2.75) is 32.9 Å². The minimum atomic E-state index is 0.806. The second kappa shape index (κ2) is 7.28. The van der Waals surface area contributed by atoms with Crippen LogP contribution in [-0.2, 0) is 13.1 Å². The first-order chi connectivity index (χ1) is 12.3. The summed E-state index contributed by atoms with van der Waals surface area (Å²) in [5.41, 5.74) is 4.77. The fraction of sp³-hybridized carbons (Fsp3) is 0.381. The van der Waals surface area contributed by atoms with Gasteiger partial charge in [0.25, 0.3) is 0 Å². The number of pyridine rings is 1. The van der Waals surface area contributed by atoms with Crippen molar-refractivity contribution in [3.63, 3.8) is 0 Å². The van der Waals surface area contributed by atoms with E-state index in [0.717, 1.165) is 30.3 Å². The van der Waals surface area contributed by atoms with E-state index in [-0.39, 0.29) is 0 Å². The summed E-state index contributed by atoms with van der Waals surface area (Å²) in [6, 6.07) is 13.0. The van der Waals surface area contributed by atoms with Gasteiger partial charge in [0.15, 0.2) is 0 Å². The molecule has 1 aliphatic heterocycles. The average molecular weight is 334 g/mol. The molecule has 0 radical (unpaired) electrons. The molecule has 0 unspecified atom stereocenters. The Kier molecular flexibility index (Phi) is 4.70. The summed E-state index contributed by atoms with van der Waals surface area (Å²) in [5.74, 6) is 0.891. The number of rotatable bonds is 5. The van der Waals surface area contributed by atoms with Crippen LogP contribution < -0.4 is 5.32 Å². The van der Waals surface area contributed by atoms with Crippen LogP contribution in [0, 0.1) is 5.92 Å². The quantitative estimate of drug-likeness (QED) is 0.726. The smallest absolute Gasteiger partial charge is 0.137 e. The van der Waals surface area contributed by atoms with Crippen molar-refractivity contribution in [3.05, 3.63) is 59.9 Å². The lowest BCUT2D eigenvalue weighted by atomic mass is 9.99. The Morgan fingerprint density at radius 1 is 1.12 bits per heavy atom. The van der Waals surface area contributed by atoms with E-state index in [1.165, 1.54) is 42.4 Å². The molecule has 2 N–H and O–H groups in total. The van der Waals surface area contributed by atoms with Crippen molar-refractivity contribution in [3.8, 4) is 0 Å². The van der Waals surface area contributed by atoms with Crippen LogP contribution in [0.25, 0.3) is 11.0 Å². The Morgan fingerprint density at radius 2 is 1.92 bits per heavy atom. The minimum absolute atomic E-state index is 0.806. The highest BCUT2D eigenvalue weighted by atomic mass is 15.1. The van der Waals surface area contributed by atoms with Crippen LogP contribution in [-0.4, -0.2) is 28.0 Å². The van der Waals surface area contributed by atoms with Crippen molar-refractivity contribution in [2.75, 3.05) is 18.4 Å². The maximum absolute atomic E-state index is 4.34. The number of hydrogen-bond acceptors (Lipinski definition) is 3. The Morgan fingerprint density at radius 3 is 2.72 bits per heavy atom. The van der Waals surface area contributed by atoms with Gasteiger partial charge in [-0.25, -0.2) is 4.98 Å². The molecule has 3 heterocycles. The lowest BCUT2D eigenvalue weighted by Gasteiger charge is -2.30. The number of aromatic nitrogens is 2. The zero-order valence-electron chi connectivity index (χ0n) is 14.8. The molecule has 1 aromatic carbocycles. The third-order valence-electron chi connectivity index (χ3n) is 5.27. The number of fused-ring (bicyclic) bond motifs is 1. The zero-order chi connectivity index (χ0) is 17.1.